The number of ether oxygens (including phenoxy) is 6. The molecule has 0 radical (unpaired) electrons. The molecule has 3 rings (SSSR count). The Morgan fingerprint density at radius 3 is 2.21 bits per heavy atom. The van der Waals surface area contributed by atoms with Gasteiger partial charge in [0.05, 0.1) is 19.8 Å². The molecule has 0 amide bonds. The molecular formula is C16H23NO7. The van der Waals surface area contributed by atoms with Crippen LogP contribution in [0, 0.1) is 11.3 Å². The van der Waals surface area contributed by atoms with Crippen molar-refractivity contribution in [2.45, 2.75) is 75.7 Å². The number of hydrogen-bond donors (Lipinski definition) is 0. The monoisotopic (exact) mass is 341 g/mol. The number of carbonyl (C=O) groups is 1. The van der Waals surface area contributed by atoms with Gasteiger partial charge in [0.25, 0.3) is 5.60 Å². The van der Waals surface area contributed by atoms with Crippen molar-refractivity contribution in [3.05, 3.63) is 0 Å². The van der Waals surface area contributed by atoms with Crippen molar-refractivity contribution in [3.8, 4) is 6.07 Å². The van der Waals surface area contributed by atoms with Crippen LogP contribution in [0.1, 0.15) is 34.1 Å². The average molecular weight is 341 g/mol. The van der Waals surface area contributed by atoms with Crippen molar-refractivity contribution < 1.29 is 33.2 Å². The highest BCUT2D eigenvalue weighted by Gasteiger charge is 2.61. The van der Waals surface area contributed by atoms with Gasteiger partial charge in [-0.15, -0.1) is 0 Å². The van der Waals surface area contributed by atoms with Crippen molar-refractivity contribution in [3.63, 3.8) is 0 Å². The van der Waals surface area contributed by atoms with Crippen LogP contribution in [0.15, 0.2) is 0 Å². The van der Waals surface area contributed by atoms with E-state index in [1.54, 1.807) is 27.7 Å². The molecule has 3 fully saturated rings. The summed E-state index contributed by atoms with van der Waals surface area (Å²) in [5.41, 5.74) is -1.75. The molecule has 3 aliphatic heterocycles. The molecule has 8 nitrogen and oxygen atoms in total. The highest BCUT2D eigenvalue weighted by atomic mass is 16.8. The molecular weight excluding hydrogens is 318 g/mol. The number of hydrogen-bond acceptors (Lipinski definition) is 8. The molecule has 5 atom stereocenters. The normalized spacial score (nSPS) is 43.0. The fourth-order valence-electron chi connectivity index (χ4n) is 3.51. The number of rotatable bonds is 2. The molecule has 0 aliphatic carbocycles. The minimum Gasteiger partial charge on any atom is -0.466 e. The molecule has 3 saturated heterocycles. The maximum Gasteiger partial charge on any atom is 0.353 e. The van der Waals surface area contributed by atoms with Gasteiger partial charge in [0.15, 0.2) is 11.6 Å². The first-order chi connectivity index (χ1) is 11.1. The van der Waals surface area contributed by atoms with E-state index in [0.29, 0.717) is 0 Å². The van der Waals surface area contributed by atoms with E-state index in [2.05, 4.69) is 0 Å². The van der Waals surface area contributed by atoms with E-state index >= 15 is 0 Å². The average Bonchev–Trinajstić information content (AvgIpc) is 3.02. The summed E-state index contributed by atoms with van der Waals surface area (Å²) in [5, 5.41) is 9.61. The molecule has 0 aromatic heterocycles. The van der Waals surface area contributed by atoms with Gasteiger partial charge in [-0.1, -0.05) is 0 Å². The third kappa shape index (κ3) is 2.91. The number of nitrogens with zero attached hydrogens (tertiary/aromatic N) is 1. The first-order valence-corrected chi connectivity index (χ1v) is 7.96. The molecule has 0 bridgehead atoms. The number of carbonyl (C=O) groups excluding carboxylic acids is 1. The maximum absolute atomic E-state index is 12.2. The standard InChI is InChI=1S/C16H23NO7/c1-14(2)20-7-10(22-14)12-11-9(21-15(3,4)23-11)6-16(8-17,24-12)13(18)19-5/h9-12H,6-7H2,1-5H3/t9-,10-,11-,12-,16-/m1/s1. The Kier molecular flexibility index (Phi) is 4.13. The highest BCUT2D eigenvalue weighted by Crippen LogP contribution is 2.44. The van der Waals surface area contributed by atoms with E-state index in [1.165, 1.54) is 7.11 Å². The lowest BCUT2D eigenvalue weighted by atomic mass is 9.87. The van der Waals surface area contributed by atoms with E-state index in [1.807, 2.05) is 6.07 Å². The van der Waals surface area contributed by atoms with E-state index < -0.39 is 47.6 Å². The zero-order valence-electron chi connectivity index (χ0n) is 14.5. The highest BCUT2D eigenvalue weighted by molar-refractivity contribution is 5.83. The molecule has 0 aromatic rings. The minimum absolute atomic E-state index is 0.0394. The zero-order chi connectivity index (χ0) is 17.8. The van der Waals surface area contributed by atoms with Crippen LogP contribution in [-0.4, -0.2) is 61.3 Å². The maximum atomic E-state index is 12.2. The summed E-state index contributed by atoms with van der Waals surface area (Å²) in [6, 6.07) is 1.95. The van der Waals surface area contributed by atoms with Crippen molar-refractivity contribution in [1.82, 2.24) is 0 Å². The molecule has 0 saturated carbocycles. The molecule has 134 valence electrons. The summed E-state index contributed by atoms with van der Waals surface area (Å²) in [6.45, 7) is 7.42. The molecule has 0 N–H and O–H groups in total. The van der Waals surface area contributed by atoms with Crippen LogP contribution in [0.2, 0.25) is 0 Å². The van der Waals surface area contributed by atoms with Gasteiger partial charge in [-0.3, -0.25) is 0 Å². The molecule has 0 unspecified atom stereocenters. The molecule has 24 heavy (non-hydrogen) atoms. The Morgan fingerprint density at radius 2 is 1.67 bits per heavy atom. The smallest absolute Gasteiger partial charge is 0.353 e. The summed E-state index contributed by atoms with van der Waals surface area (Å²) in [4.78, 5) is 12.2. The van der Waals surface area contributed by atoms with Crippen molar-refractivity contribution in [1.29, 1.82) is 5.26 Å². The van der Waals surface area contributed by atoms with Crippen LogP contribution in [0.3, 0.4) is 0 Å². The Balaban J connectivity index is 1.92. The predicted molar refractivity (Wildman–Crippen MR) is 78.6 cm³/mol. The summed E-state index contributed by atoms with van der Waals surface area (Å²) < 4.78 is 34.0. The zero-order valence-corrected chi connectivity index (χ0v) is 14.5. The summed E-state index contributed by atoms with van der Waals surface area (Å²) in [5.74, 6) is -2.36. The summed E-state index contributed by atoms with van der Waals surface area (Å²) in [6.07, 6.45) is -2.08. The van der Waals surface area contributed by atoms with Crippen molar-refractivity contribution >= 4 is 5.97 Å². The van der Waals surface area contributed by atoms with Crippen LogP contribution >= 0.6 is 0 Å². The molecule has 3 heterocycles. The fourth-order valence-corrected chi connectivity index (χ4v) is 3.51. The van der Waals surface area contributed by atoms with Gasteiger partial charge in [0.2, 0.25) is 0 Å². The number of methoxy groups -OCH3 is 1. The van der Waals surface area contributed by atoms with Gasteiger partial charge in [0, 0.05) is 6.42 Å². The number of fused-ring (bicyclic) bond motifs is 1. The van der Waals surface area contributed by atoms with Crippen LogP contribution in [0.5, 0.6) is 0 Å². The molecule has 0 aromatic carbocycles. The Morgan fingerprint density at radius 1 is 1.04 bits per heavy atom. The minimum atomic E-state index is -1.75. The second-order valence-electron chi connectivity index (χ2n) is 7.22. The van der Waals surface area contributed by atoms with Gasteiger partial charge in [-0.05, 0) is 27.7 Å². The van der Waals surface area contributed by atoms with Crippen LogP contribution in [0.4, 0.5) is 0 Å². The third-order valence-electron chi connectivity index (χ3n) is 4.46. The lowest BCUT2D eigenvalue weighted by Gasteiger charge is -2.41. The number of esters is 1. The van der Waals surface area contributed by atoms with Gasteiger partial charge in [-0.2, -0.15) is 5.26 Å². The largest absolute Gasteiger partial charge is 0.466 e. The van der Waals surface area contributed by atoms with Crippen molar-refractivity contribution in [2.24, 2.45) is 0 Å². The topological polar surface area (TPSA) is 96.2 Å². The van der Waals surface area contributed by atoms with Gasteiger partial charge in [-0.25, -0.2) is 4.79 Å². The number of nitriles is 1. The fraction of sp³-hybridized carbons (Fsp3) is 0.875. The first-order valence-electron chi connectivity index (χ1n) is 7.96. The van der Waals surface area contributed by atoms with E-state index in [4.69, 9.17) is 28.4 Å². The Bertz CT molecular complexity index is 569. The van der Waals surface area contributed by atoms with E-state index in [-0.39, 0.29) is 13.0 Å². The Labute approximate surface area is 140 Å². The first kappa shape index (κ1) is 17.6. The van der Waals surface area contributed by atoms with Gasteiger partial charge in [0.1, 0.15) is 24.4 Å². The second-order valence-corrected chi connectivity index (χ2v) is 7.22. The van der Waals surface area contributed by atoms with Crippen LogP contribution in [0.25, 0.3) is 0 Å². The summed E-state index contributed by atoms with van der Waals surface area (Å²) >= 11 is 0. The van der Waals surface area contributed by atoms with E-state index in [9.17, 15) is 10.1 Å². The van der Waals surface area contributed by atoms with E-state index in [0.717, 1.165) is 0 Å². The predicted octanol–water partition coefficient (Wildman–Crippen LogP) is 0.882. The lowest BCUT2D eigenvalue weighted by Crippen LogP contribution is -2.60. The van der Waals surface area contributed by atoms with Crippen LogP contribution < -0.4 is 0 Å². The summed E-state index contributed by atoms with van der Waals surface area (Å²) in [7, 11) is 1.22. The quantitative estimate of drug-likeness (QED) is 0.683. The Hall–Kier alpha value is -1.24. The van der Waals surface area contributed by atoms with Gasteiger partial charge >= 0.3 is 5.97 Å². The van der Waals surface area contributed by atoms with Gasteiger partial charge < -0.3 is 28.4 Å². The molecule has 8 heteroatoms. The lowest BCUT2D eigenvalue weighted by molar-refractivity contribution is -0.225. The molecule has 3 aliphatic rings. The van der Waals surface area contributed by atoms with Crippen molar-refractivity contribution in [2.75, 3.05) is 13.7 Å². The third-order valence-corrected chi connectivity index (χ3v) is 4.46. The molecule has 0 spiro atoms. The SMILES string of the molecule is COC(=O)[C@]1(C#N)C[C@H]2OC(C)(C)O[C@H]2[C@@H]([C@H]2COC(C)(C)O2)O1. The second kappa shape index (κ2) is 5.64. The van der Waals surface area contributed by atoms with Crippen LogP contribution in [-0.2, 0) is 33.2 Å².